The lowest BCUT2D eigenvalue weighted by Crippen LogP contribution is -1.98. The van der Waals surface area contributed by atoms with Crippen molar-refractivity contribution in [2.24, 2.45) is 0 Å². The molecule has 1 heterocycles. The average molecular weight is 647 g/mol. The Morgan fingerprint density at radius 3 is 1.86 bits per heavy atom. The standard InChI is InChI=1S/C50H30O/c1-2-11-33-27-37(21-19-31(33)9-1)40-24-26-47-50-43(40)17-8-18-44(50)45-30-35(23-25-46(45)51-47)34-13-7-14-38(28-34)48-42-16-6-4-12-36(42)29-39-22-20-32-10-3-5-15-41(32)49(39)48/h1-30H. The minimum atomic E-state index is 0.889. The van der Waals surface area contributed by atoms with Crippen LogP contribution in [-0.2, 0) is 0 Å². The molecule has 1 heteroatoms. The molecule has 236 valence electrons. The number of hydrogen-bond donors (Lipinski definition) is 0. The lowest BCUT2D eigenvalue weighted by molar-refractivity contribution is 0.487. The van der Waals surface area contributed by atoms with E-state index < -0.39 is 0 Å². The molecule has 0 bridgehead atoms. The Bertz CT molecular complexity index is 3060. The van der Waals surface area contributed by atoms with Gasteiger partial charge in [0.1, 0.15) is 11.5 Å². The minimum Gasteiger partial charge on any atom is -0.456 e. The quantitative estimate of drug-likeness (QED) is 0.137. The van der Waals surface area contributed by atoms with Gasteiger partial charge in [-0.3, -0.25) is 0 Å². The summed E-state index contributed by atoms with van der Waals surface area (Å²) in [4.78, 5) is 0. The van der Waals surface area contributed by atoms with Gasteiger partial charge in [0.15, 0.2) is 0 Å². The zero-order valence-electron chi connectivity index (χ0n) is 27.7. The van der Waals surface area contributed by atoms with Crippen molar-refractivity contribution < 1.29 is 4.74 Å². The summed E-state index contributed by atoms with van der Waals surface area (Å²) < 4.78 is 6.63. The lowest BCUT2D eigenvalue weighted by atomic mass is 9.87. The van der Waals surface area contributed by atoms with Gasteiger partial charge in [-0.25, -0.2) is 0 Å². The van der Waals surface area contributed by atoms with Crippen LogP contribution in [0.5, 0.6) is 11.5 Å². The summed E-state index contributed by atoms with van der Waals surface area (Å²) in [5.41, 5.74) is 9.59. The molecule has 51 heavy (non-hydrogen) atoms. The minimum absolute atomic E-state index is 0.889. The predicted molar refractivity (Wildman–Crippen MR) is 216 cm³/mol. The van der Waals surface area contributed by atoms with Crippen molar-refractivity contribution in [3.8, 4) is 56.0 Å². The van der Waals surface area contributed by atoms with Gasteiger partial charge in [-0.1, -0.05) is 146 Å². The molecule has 1 aliphatic heterocycles. The van der Waals surface area contributed by atoms with Crippen LogP contribution >= 0.6 is 0 Å². The molecule has 0 N–H and O–H groups in total. The Morgan fingerprint density at radius 2 is 0.941 bits per heavy atom. The molecule has 0 saturated carbocycles. The van der Waals surface area contributed by atoms with E-state index in [0.717, 1.165) is 22.4 Å². The zero-order chi connectivity index (χ0) is 33.5. The Morgan fingerprint density at radius 1 is 0.275 bits per heavy atom. The van der Waals surface area contributed by atoms with E-state index in [1.165, 1.54) is 87.4 Å². The van der Waals surface area contributed by atoms with E-state index in [9.17, 15) is 0 Å². The largest absolute Gasteiger partial charge is 0.456 e. The topological polar surface area (TPSA) is 9.23 Å². The molecule has 1 aliphatic rings. The Labute approximate surface area is 295 Å². The van der Waals surface area contributed by atoms with Gasteiger partial charge in [0.25, 0.3) is 0 Å². The molecule has 0 aliphatic carbocycles. The fraction of sp³-hybridized carbons (Fsp3) is 0. The maximum Gasteiger partial charge on any atom is 0.135 e. The number of hydrogen-bond acceptors (Lipinski definition) is 1. The first-order valence-electron chi connectivity index (χ1n) is 17.6. The monoisotopic (exact) mass is 646 g/mol. The maximum absolute atomic E-state index is 6.63. The lowest BCUT2D eigenvalue weighted by Gasteiger charge is -2.23. The van der Waals surface area contributed by atoms with Crippen LogP contribution in [0.4, 0.5) is 0 Å². The van der Waals surface area contributed by atoms with Crippen LogP contribution in [0, 0.1) is 0 Å². The second kappa shape index (κ2) is 10.9. The molecule has 1 nitrogen and oxygen atoms in total. The third kappa shape index (κ3) is 4.35. The smallest absolute Gasteiger partial charge is 0.135 e. The molecule has 10 aromatic carbocycles. The highest BCUT2D eigenvalue weighted by Gasteiger charge is 2.23. The summed E-state index contributed by atoms with van der Waals surface area (Å²) in [6.45, 7) is 0. The highest BCUT2D eigenvalue weighted by Crippen LogP contribution is 2.50. The third-order valence-electron chi connectivity index (χ3n) is 10.8. The van der Waals surface area contributed by atoms with Crippen LogP contribution in [-0.4, -0.2) is 0 Å². The average Bonchev–Trinajstić information content (AvgIpc) is 3.20. The Hall–Kier alpha value is -6.70. The Balaban J connectivity index is 1.08. The van der Waals surface area contributed by atoms with E-state index in [1.807, 2.05) is 0 Å². The van der Waals surface area contributed by atoms with E-state index >= 15 is 0 Å². The summed E-state index contributed by atoms with van der Waals surface area (Å²) >= 11 is 0. The molecule has 0 fully saturated rings. The molecule has 0 atom stereocenters. The van der Waals surface area contributed by atoms with Crippen LogP contribution < -0.4 is 4.74 Å². The number of ether oxygens (including phenoxy) is 1. The van der Waals surface area contributed by atoms with Gasteiger partial charge in [0, 0.05) is 10.9 Å². The van der Waals surface area contributed by atoms with Gasteiger partial charge in [-0.15, -0.1) is 0 Å². The molecule has 0 unspecified atom stereocenters. The second-order valence-electron chi connectivity index (χ2n) is 13.7. The molecule has 10 aromatic rings. The van der Waals surface area contributed by atoms with E-state index in [-0.39, 0.29) is 0 Å². The number of fused-ring (bicyclic) bond motifs is 7. The molecule has 0 aromatic heterocycles. The van der Waals surface area contributed by atoms with Gasteiger partial charge < -0.3 is 4.74 Å². The second-order valence-corrected chi connectivity index (χ2v) is 13.7. The van der Waals surface area contributed by atoms with Crippen LogP contribution in [0.1, 0.15) is 0 Å². The van der Waals surface area contributed by atoms with Crippen LogP contribution in [0.3, 0.4) is 0 Å². The molecule has 0 saturated heterocycles. The molecule has 11 rings (SSSR count). The summed E-state index contributed by atoms with van der Waals surface area (Å²) in [7, 11) is 0. The highest BCUT2D eigenvalue weighted by atomic mass is 16.5. The zero-order valence-corrected chi connectivity index (χ0v) is 27.7. The molecule has 0 radical (unpaired) electrons. The van der Waals surface area contributed by atoms with Gasteiger partial charge >= 0.3 is 0 Å². The normalized spacial score (nSPS) is 12.1. The van der Waals surface area contributed by atoms with E-state index in [2.05, 4.69) is 182 Å². The van der Waals surface area contributed by atoms with Crippen molar-refractivity contribution in [2.75, 3.05) is 0 Å². The van der Waals surface area contributed by atoms with Crippen molar-refractivity contribution in [3.05, 3.63) is 182 Å². The molecule has 0 amide bonds. The number of rotatable bonds is 3. The first kappa shape index (κ1) is 28.2. The maximum atomic E-state index is 6.63. The van der Waals surface area contributed by atoms with Crippen molar-refractivity contribution in [1.82, 2.24) is 0 Å². The van der Waals surface area contributed by atoms with Gasteiger partial charge in [-0.2, -0.15) is 0 Å². The summed E-state index contributed by atoms with van der Waals surface area (Å²) in [5, 5.41) is 12.5. The van der Waals surface area contributed by atoms with Crippen LogP contribution in [0.25, 0.3) is 98.4 Å². The molecule has 0 spiro atoms. The van der Waals surface area contributed by atoms with Gasteiger partial charge in [0.2, 0.25) is 0 Å². The van der Waals surface area contributed by atoms with Crippen LogP contribution in [0.15, 0.2) is 182 Å². The van der Waals surface area contributed by atoms with Crippen molar-refractivity contribution >= 4 is 53.9 Å². The predicted octanol–water partition coefficient (Wildman–Crippen LogP) is 14.2. The van der Waals surface area contributed by atoms with Crippen LogP contribution in [0.2, 0.25) is 0 Å². The number of benzene rings is 10. The van der Waals surface area contributed by atoms with E-state index in [0.29, 0.717) is 0 Å². The third-order valence-corrected chi connectivity index (χ3v) is 10.8. The van der Waals surface area contributed by atoms with Gasteiger partial charge in [0.05, 0.1) is 0 Å². The fourth-order valence-corrected chi connectivity index (χ4v) is 8.41. The van der Waals surface area contributed by atoms with E-state index in [1.54, 1.807) is 0 Å². The SMILES string of the molecule is c1cc(-c2ccc3c(c2)-c2cccc4c(-c5ccc6ccccc6c5)ccc(c24)O3)cc(-c2c3ccccc3cc3ccc4ccccc4c23)c1. The summed E-state index contributed by atoms with van der Waals surface area (Å²) in [6, 6.07) is 66.3. The van der Waals surface area contributed by atoms with Crippen molar-refractivity contribution in [1.29, 1.82) is 0 Å². The van der Waals surface area contributed by atoms with E-state index in [4.69, 9.17) is 4.74 Å². The fourth-order valence-electron chi connectivity index (χ4n) is 8.41. The van der Waals surface area contributed by atoms with Crippen molar-refractivity contribution in [3.63, 3.8) is 0 Å². The molecular weight excluding hydrogens is 617 g/mol. The first-order valence-corrected chi connectivity index (χ1v) is 17.6. The van der Waals surface area contributed by atoms with Gasteiger partial charge in [-0.05, 0) is 124 Å². The first-order chi connectivity index (χ1) is 25.3. The highest BCUT2D eigenvalue weighted by molar-refractivity contribution is 6.22. The summed E-state index contributed by atoms with van der Waals surface area (Å²) in [6.07, 6.45) is 0. The Kier molecular flexibility index (Phi) is 6.02. The van der Waals surface area contributed by atoms with Crippen molar-refractivity contribution in [2.45, 2.75) is 0 Å². The molecular formula is C50H30O. The summed E-state index contributed by atoms with van der Waals surface area (Å²) in [5.74, 6) is 1.79.